The molecule has 0 saturated carbocycles. The van der Waals surface area contributed by atoms with Gasteiger partial charge in [-0.2, -0.15) is 20.2 Å². The first kappa shape index (κ1) is 19.2. The van der Waals surface area contributed by atoms with Gasteiger partial charge in [-0.15, -0.1) is 0 Å². The molecule has 3 rings (SSSR count). The summed E-state index contributed by atoms with van der Waals surface area (Å²) in [5, 5.41) is 11.6. The van der Waals surface area contributed by atoms with Gasteiger partial charge >= 0.3 is 6.01 Å². The Labute approximate surface area is 159 Å². The second kappa shape index (κ2) is 9.94. The van der Waals surface area contributed by atoms with Crippen LogP contribution < -0.4 is 15.0 Å². The van der Waals surface area contributed by atoms with E-state index in [0.717, 1.165) is 42.4 Å². The van der Waals surface area contributed by atoms with Gasteiger partial charge in [-0.05, 0) is 31.7 Å². The Morgan fingerprint density at radius 1 is 1.22 bits per heavy atom. The predicted octanol–water partition coefficient (Wildman–Crippen LogP) is 2.50. The molecule has 1 aliphatic rings. The summed E-state index contributed by atoms with van der Waals surface area (Å²) in [6.07, 6.45) is 0. The molecule has 1 N–H and O–H groups in total. The van der Waals surface area contributed by atoms with Crippen LogP contribution in [0.3, 0.4) is 0 Å². The zero-order valence-corrected chi connectivity index (χ0v) is 15.9. The Kier molecular flexibility index (Phi) is 7.06. The summed E-state index contributed by atoms with van der Waals surface area (Å²) in [7, 11) is 1.88. The standard InChI is InChI=1S/C19H26N6O2/c1-15-4-3-5-16(12-15)24-21-14-17-13-18(25-7-10-26-11-8-25)23-19(22-17)27-9-6-20-2/h3-5,12-13,20H,6-11,14H2,1-2H3. The third-order valence-corrected chi connectivity index (χ3v) is 4.08. The molecule has 0 spiro atoms. The van der Waals surface area contributed by atoms with Crippen LogP contribution in [0, 0.1) is 6.92 Å². The average Bonchev–Trinajstić information content (AvgIpc) is 2.69. The third-order valence-electron chi connectivity index (χ3n) is 4.08. The maximum Gasteiger partial charge on any atom is 0.318 e. The summed E-state index contributed by atoms with van der Waals surface area (Å²) in [6.45, 7) is 6.64. The highest BCUT2D eigenvalue weighted by atomic mass is 16.5. The number of aromatic nitrogens is 2. The molecule has 1 aliphatic heterocycles. The van der Waals surface area contributed by atoms with Crippen LogP contribution in [0.1, 0.15) is 11.3 Å². The number of rotatable bonds is 8. The quantitative estimate of drug-likeness (QED) is 0.568. The van der Waals surface area contributed by atoms with Crippen molar-refractivity contribution in [3.63, 3.8) is 0 Å². The molecule has 0 atom stereocenters. The van der Waals surface area contributed by atoms with E-state index in [9.17, 15) is 0 Å². The van der Waals surface area contributed by atoms with Gasteiger partial charge in [-0.3, -0.25) is 0 Å². The molecule has 1 aromatic carbocycles. The molecule has 8 heteroatoms. The molecule has 1 fully saturated rings. The number of morpholine rings is 1. The van der Waals surface area contributed by atoms with Crippen LogP contribution in [0.5, 0.6) is 6.01 Å². The maximum atomic E-state index is 5.68. The highest BCUT2D eigenvalue weighted by Crippen LogP contribution is 2.19. The van der Waals surface area contributed by atoms with Crippen molar-refractivity contribution in [2.24, 2.45) is 10.2 Å². The Morgan fingerprint density at radius 3 is 2.85 bits per heavy atom. The first-order valence-corrected chi connectivity index (χ1v) is 9.17. The van der Waals surface area contributed by atoms with Gasteiger partial charge in [0.15, 0.2) is 0 Å². The number of nitrogens with one attached hydrogen (secondary N) is 1. The fourth-order valence-corrected chi connectivity index (χ4v) is 2.68. The van der Waals surface area contributed by atoms with Crippen LogP contribution in [0.2, 0.25) is 0 Å². The van der Waals surface area contributed by atoms with E-state index >= 15 is 0 Å². The molecule has 2 heterocycles. The summed E-state index contributed by atoms with van der Waals surface area (Å²) in [6, 6.07) is 10.3. The molecular formula is C19H26N6O2. The topological polar surface area (TPSA) is 84.2 Å². The summed E-state index contributed by atoms with van der Waals surface area (Å²) >= 11 is 0. The second-order valence-corrected chi connectivity index (χ2v) is 6.29. The van der Waals surface area contributed by atoms with Gasteiger partial charge in [0.2, 0.25) is 0 Å². The highest BCUT2D eigenvalue weighted by Gasteiger charge is 2.15. The molecule has 2 aromatic rings. The zero-order chi connectivity index (χ0) is 18.9. The van der Waals surface area contributed by atoms with E-state index in [1.165, 1.54) is 0 Å². The molecule has 0 unspecified atom stereocenters. The zero-order valence-electron chi connectivity index (χ0n) is 15.9. The number of likely N-dealkylation sites (N-methyl/N-ethyl adjacent to an activating group) is 1. The molecule has 144 valence electrons. The van der Waals surface area contributed by atoms with E-state index in [1.807, 2.05) is 44.3 Å². The Bertz CT molecular complexity index is 762. The molecule has 0 radical (unpaired) electrons. The van der Waals surface area contributed by atoms with Crippen LogP contribution in [0.4, 0.5) is 11.5 Å². The van der Waals surface area contributed by atoms with Crippen molar-refractivity contribution >= 4 is 11.5 Å². The second-order valence-electron chi connectivity index (χ2n) is 6.29. The van der Waals surface area contributed by atoms with Gasteiger partial charge in [0.05, 0.1) is 24.6 Å². The highest BCUT2D eigenvalue weighted by molar-refractivity contribution is 5.41. The molecule has 0 bridgehead atoms. The van der Waals surface area contributed by atoms with Gasteiger partial charge in [-0.25, -0.2) is 0 Å². The number of ether oxygens (including phenoxy) is 2. The first-order chi connectivity index (χ1) is 13.2. The summed E-state index contributed by atoms with van der Waals surface area (Å²) < 4.78 is 11.1. The SMILES string of the molecule is CNCCOc1nc(CN=Nc2cccc(C)c2)cc(N2CCOCC2)n1. The van der Waals surface area contributed by atoms with Crippen molar-refractivity contribution in [1.29, 1.82) is 0 Å². The van der Waals surface area contributed by atoms with E-state index < -0.39 is 0 Å². The van der Waals surface area contributed by atoms with E-state index in [4.69, 9.17) is 9.47 Å². The lowest BCUT2D eigenvalue weighted by Crippen LogP contribution is -2.37. The van der Waals surface area contributed by atoms with Crippen LogP contribution >= 0.6 is 0 Å². The number of hydrogen-bond acceptors (Lipinski definition) is 8. The van der Waals surface area contributed by atoms with Gasteiger partial charge in [0, 0.05) is 25.7 Å². The first-order valence-electron chi connectivity index (χ1n) is 9.17. The third kappa shape index (κ3) is 5.97. The van der Waals surface area contributed by atoms with Crippen LogP contribution in [-0.2, 0) is 11.3 Å². The van der Waals surface area contributed by atoms with Crippen molar-refractivity contribution in [2.75, 3.05) is 51.4 Å². The molecular weight excluding hydrogens is 344 g/mol. The van der Waals surface area contributed by atoms with E-state index in [-0.39, 0.29) is 0 Å². The van der Waals surface area contributed by atoms with Crippen molar-refractivity contribution < 1.29 is 9.47 Å². The summed E-state index contributed by atoms with van der Waals surface area (Å²) in [5.74, 6) is 0.841. The lowest BCUT2D eigenvalue weighted by Gasteiger charge is -2.28. The van der Waals surface area contributed by atoms with Crippen molar-refractivity contribution in [2.45, 2.75) is 13.5 Å². The van der Waals surface area contributed by atoms with Crippen molar-refractivity contribution in [3.8, 4) is 6.01 Å². The van der Waals surface area contributed by atoms with Crippen LogP contribution in [-0.4, -0.2) is 56.5 Å². The summed E-state index contributed by atoms with van der Waals surface area (Å²) in [5.41, 5.74) is 2.77. The number of nitrogens with zero attached hydrogens (tertiary/aromatic N) is 5. The fourth-order valence-electron chi connectivity index (χ4n) is 2.68. The van der Waals surface area contributed by atoms with E-state index in [1.54, 1.807) is 0 Å². The van der Waals surface area contributed by atoms with Gasteiger partial charge in [0.1, 0.15) is 19.0 Å². The Balaban J connectivity index is 1.74. The number of hydrogen-bond donors (Lipinski definition) is 1. The minimum absolute atomic E-state index is 0.370. The largest absolute Gasteiger partial charge is 0.462 e. The molecule has 0 aliphatic carbocycles. The Hall–Kier alpha value is -2.58. The number of azo groups is 1. The minimum atomic E-state index is 0.370. The van der Waals surface area contributed by atoms with E-state index in [2.05, 4.69) is 30.4 Å². The predicted molar refractivity (Wildman–Crippen MR) is 104 cm³/mol. The van der Waals surface area contributed by atoms with E-state index in [0.29, 0.717) is 32.4 Å². The Morgan fingerprint density at radius 2 is 2.07 bits per heavy atom. The maximum absolute atomic E-state index is 5.68. The number of anilines is 1. The summed E-state index contributed by atoms with van der Waals surface area (Å²) in [4.78, 5) is 11.2. The lowest BCUT2D eigenvalue weighted by atomic mass is 10.2. The van der Waals surface area contributed by atoms with Gasteiger partial charge < -0.3 is 19.7 Å². The van der Waals surface area contributed by atoms with Gasteiger partial charge in [0.25, 0.3) is 0 Å². The molecule has 1 aromatic heterocycles. The molecule has 0 amide bonds. The molecule has 8 nitrogen and oxygen atoms in total. The number of aryl methyl sites for hydroxylation is 1. The van der Waals surface area contributed by atoms with Crippen molar-refractivity contribution in [3.05, 3.63) is 41.6 Å². The molecule has 27 heavy (non-hydrogen) atoms. The molecule has 1 saturated heterocycles. The monoisotopic (exact) mass is 370 g/mol. The van der Waals surface area contributed by atoms with Crippen LogP contribution in [0.25, 0.3) is 0 Å². The normalized spacial score (nSPS) is 14.7. The smallest absolute Gasteiger partial charge is 0.318 e. The van der Waals surface area contributed by atoms with Gasteiger partial charge in [-0.1, -0.05) is 12.1 Å². The average molecular weight is 370 g/mol. The minimum Gasteiger partial charge on any atom is -0.462 e. The van der Waals surface area contributed by atoms with Crippen LogP contribution in [0.15, 0.2) is 40.6 Å². The number of benzene rings is 1. The fraction of sp³-hybridized carbons (Fsp3) is 0.474. The van der Waals surface area contributed by atoms with Crippen molar-refractivity contribution in [1.82, 2.24) is 15.3 Å². The lowest BCUT2D eigenvalue weighted by molar-refractivity contribution is 0.122.